The van der Waals surface area contributed by atoms with Gasteiger partial charge in [-0.05, 0) is 25.1 Å². The van der Waals surface area contributed by atoms with Crippen LogP contribution in [0, 0.1) is 0 Å². The van der Waals surface area contributed by atoms with Crippen LogP contribution in [0.15, 0.2) is 18.2 Å². The molecule has 1 aliphatic heterocycles. The van der Waals surface area contributed by atoms with Crippen molar-refractivity contribution in [2.24, 2.45) is 0 Å². The zero-order valence-electron chi connectivity index (χ0n) is 13.3. The molecule has 1 aromatic rings. The van der Waals surface area contributed by atoms with Crippen LogP contribution in [-0.2, 0) is 14.3 Å². The van der Waals surface area contributed by atoms with Crippen molar-refractivity contribution in [3.8, 4) is 5.75 Å². The molecule has 1 heterocycles. The molecule has 0 saturated carbocycles. The number of rotatable bonds is 7. The molecule has 1 aromatic carbocycles. The number of hydrogen-bond acceptors (Lipinski definition) is 5. The largest absolute Gasteiger partial charge is 0.482 e. The van der Waals surface area contributed by atoms with E-state index in [2.05, 4.69) is 5.32 Å². The quantitative estimate of drug-likeness (QED) is 0.592. The number of methoxy groups -OCH3 is 1. The minimum Gasteiger partial charge on any atom is -0.482 e. The number of hydrogen-bond donors (Lipinski definition) is 1. The predicted octanol–water partition coefficient (Wildman–Crippen LogP) is 0.767. The topological polar surface area (TPSA) is 84.9 Å². The van der Waals surface area contributed by atoms with Gasteiger partial charge in [-0.3, -0.25) is 14.4 Å². The number of nitrogens with one attached hydrogen (secondary N) is 1. The second-order valence-electron chi connectivity index (χ2n) is 5.17. The number of Topliss-reactive ketones (excluding diaryl/α,β-unsaturated/α-hetero) is 1. The van der Waals surface area contributed by atoms with E-state index >= 15 is 0 Å². The molecule has 2 amide bonds. The van der Waals surface area contributed by atoms with Gasteiger partial charge in [0, 0.05) is 32.2 Å². The van der Waals surface area contributed by atoms with Crippen molar-refractivity contribution in [2.75, 3.05) is 38.3 Å². The molecule has 0 spiro atoms. The van der Waals surface area contributed by atoms with Crippen LogP contribution in [0.25, 0.3) is 0 Å². The SMILES string of the molecule is COCCNC(=O)CCN1C(=O)COc2ccc(C(C)=O)cc21. The number of nitrogens with zero attached hydrogens (tertiary/aromatic N) is 1. The van der Waals surface area contributed by atoms with Crippen molar-refractivity contribution in [1.29, 1.82) is 0 Å². The summed E-state index contributed by atoms with van der Waals surface area (Å²) in [7, 11) is 1.56. The van der Waals surface area contributed by atoms with Crippen LogP contribution in [0.5, 0.6) is 5.75 Å². The molecule has 0 aromatic heterocycles. The lowest BCUT2D eigenvalue weighted by molar-refractivity contribution is -0.122. The molecule has 0 atom stereocenters. The third kappa shape index (κ3) is 4.29. The first-order chi connectivity index (χ1) is 11.0. The van der Waals surface area contributed by atoms with Crippen molar-refractivity contribution < 1.29 is 23.9 Å². The molecule has 7 nitrogen and oxygen atoms in total. The van der Waals surface area contributed by atoms with Gasteiger partial charge in [0.25, 0.3) is 5.91 Å². The van der Waals surface area contributed by atoms with E-state index in [9.17, 15) is 14.4 Å². The summed E-state index contributed by atoms with van der Waals surface area (Å²) < 4.78 is 10.2. The van der Waals surface area contributed by atoms with Crippen molar-refractivity contribution in [1.82, 2.24) is 5.32 Å². The summed E-state index contributed by atoms with van der Waals surface area (Å²) in [6, 6.07) is 4.95. The van der Waals surface area contributed by atoms with Gasteiger partial charge in [0.05, 0.1) is 12.3 Å². The number of benzene rings is 1. The smallest absolute Gasteiger partial charge is 0.265 e. The van der Waals surface area contributed by atoms with Gasteiger partial charge in [-0.25, -0.2) is 0 Å². The van der Waals surface area contributed by atoms with Gasteiger partial charge in [0.1, 0.15) is 5.75 Å². The summed E-state index contributed by atoms with van der Waals surface area (Å²) in [4.78, 5) is 36.8. The van der Waals surface area contributed by atoms with E-state index in [-0.39, 0.29) is 37.2 Å². The number of anilines is 1. The molecule has 0 fully saturated rings. The summed E-state index contributed by atoms with van der Waals surface area (Å²) in [5.74, 6) is 0.0472. The van der Waals surface area contributed by atoms with E-state index in [0.717, 1.165) is 0 Å². The Hall–Kier alpha value is -2.41. The van der Waals surface area contributed by atoms with E-state index in [0.29, 0.717) is 30.2 Å². The summed E-state index contributed by atoms with van der Waals surface area (Å²) in [6.07, 6.45) is 0.166. The predicted molar refractivity (Wildman–Crippen MR) is 83.8 cm³/mol. The van der Waals surface area contributed by atoms with E-state index < -0.39 is 0 Å². The average molecular weight is 320 g/mol. The molecule has 1 N–H and O–H groups in total. The fraction of sp³-hybridized carbons (Fsp3) is 0.438. The Morgan fingerprint density at radius 2 is 2.17 bits per heavy atom. The molecule has 23 heavy (non-hydrogen) atoms. The number of carbonyl (C=O) groups excluding carboxylic acids is 3. The normalized spacial score (nSPS) is 13.3. The van der Waals surface area contributed by atoms with Crippen LogP contribution in [0.3, 0.4) is 0 Å². The van der Waals surface area contributed by atoms with Crippen molar-refractivity contribution in [3.05, 3.63) is 23.8 Å². The first kappa shape index (κ1) is 17.0. The molecular weight excluding hydrogens is 300 g/mol. The van der Waals surface area contributed by atoms with Crippen LogP contribution >= 0.6 is 0 Å². The first-order valence-corrected chi connectivity index (χ1v) is 7.36. The Bertz CT molecular complexity index is 614. The molecule has 0 bridgehead atoms. The minimum atomic E-state index is -0.233. The number of fused-ring (bicyclic) bond motifs is 1. The second-order valence-corrected chi connectivity index (χ2v) is 5.17. The van der Waals surface area contributed by atoms with Gasteiger partial charge in [-0.2, -0.15) is 0 Å². The lowest BCUT2D eigenvalue weighted by Gasteiger charge is -2.29. The summed E-state index contributed by atoms with van der Waals surface area (Å²) in [6.45, 7) is 2.48. The number of carbonyl (C=O) groups is 3. The number of ketones is 1. The molecule has 124 valence electrons. The van der Waals surface area contributed by atoms with Gasteiger partial charge in [0.2, 0.25) is 5.91 Å². The Kier molecular flexibility index (Phi) is 5.70. The molecular formula is C16H20N2O5. The molecule has 0 saturated heterocycles. The highest BCUT2D eigenvalue weighted by atomic mass is 16.5. The van der Waals surface area contributed by atoms with Crippen LogP contribution in [0.4, 0.5) is 5.69 Å². The van der Waals surface area contributed by atoms with Gasteiger partial charge >= 0.3 is 0 Å². The van der Waals surface area contributed by atoms with E-state index in [1.165, 1.54) is 11.8 Å². The van der Waals surface area contributed by atoms with Crippen LogP contribution in [0.1, 0.15) is 23.7 Å². The zero-order valence-corrected chi connectivity index (χ0v) is 13.3. The molecule has 0 radical (unpaired) electrons. The summed E-state index contributed by atoms with van der Waals surface area (Å²) in [5, 5.41) is 2.70. The molecule has 1 aliphatic rings. The van der Waals surface area contributed by atoms with Crippen LogP contribution in [-0.4, -0.2) is 51.0 Å². The minimum absolute atomic E-state index is 0.0717. The molecule has 2 rings (SSSR count). The van der Waals surface area contributed by atoms with Crippen LogP contribution < -0.4 is 15.0 Å². The lowest BCUT2D eigenvalue weighted by Crippen LogP contribution is -2.41. The summed E-state index contributed by atoms with van der Waals surface area (Å²) in [5.41, 5.74) is 1.02. The van der Waals surface area contributed by atoms with Crippen molar-refractivity contribution in [2.45, 2.75) is 13.3 Å². The standard InChI is InChI=1S/C16H20N2O5/c1-11(19)12-3-4-14-13(9-12)18(16(21)10-23-14)7-5-15(20)17-6-8-22-2/h3-4,9H,5-8,10H2,1-2H3,(H,17,20). The summed E-state index contributed by atoms with van der Waals surface area (Å²) >= 11 is 0. The Morgan fingerprint density at radius 3 is 2.87 bits per heavy atom. The van der Waals surface area contributed by atoms with Crippen molar-refractivity contribution in [3.63, 3.8) is 0 Å². The second kappa shape index (κ2) is 7.73. The highest BCUT2D eigenvalue weighted by molar-refractivity contribution is 6.01. The fourth-order valence-corrected chi connectivity index (χ4v) is 2.26. The van der Waals surface area contributed by atoms with E-state index in [1.54, 1.807) is 25.3 Å². The number of ether oxygens (including phenoxy) is 2. The molecule has 0 unspecified atom stereocenters. The third-order valence-corrected chi connectivity index (χ3v) is 3.50. The maximum Gasteiger partial charge on any atom is 0.265 e. The van der Waals surface area contributed by atoms with Gasteiger partial charge in [-0.15, -0.1) is 0 Å². The maximum absolute atomic E-state index is 12.1. The molecule has 0 aliphatic carbocycles. The first-order valence-electron chi connectivity index (χ1n) is 7.36. The van der Waals surface area contributed by atoms with Gasteiger partial charge in [0.15, 0.2) is 12.4 Å². The van der Waals surface area contributed by atoms with E-state index in [1.807, 2.05) is 0 Å². The highest BCUT2D eigenvalue weighted by Crippen LogP contribution is 2.33. The maximum atomic E-state index is 12.1. The van der Waals surface area contributed by atoms with Crippen molar-refractivity contribution >= 4 is 23.3 Å². The Balaban J connectivity index is 2.07. The third-order valence-electron chi connectivity index (χ3n) is 3.50. The van der Waals surface area contributed by atoms with Crippen LogP contribution in [0.2, 0.25) is 0 Å². The monoisotopic (exact) mass is 320 g/mol. The lowest BCUT2D eigenvalue weighted by atomic mass is 10.1. The van der Waals surface area contributed by atoms with E-state index in [4.69, 9.17) is 9.47 Å². The Morgan fingerprint density at radius 1 is 1.39 bits per heavy atom. The average Bonchev–Trinajstić information content (AvgIpc) is 2.53. The Labute approximate surface area is 134 Å². The molecule has 7 heteroatoms. The van der Waals surface area contributed by atoms with Gasteiger partial charge < -0.3 is 19.7 Å². The highest BCUT2D eigenvalue weighted by Gasteiger charge is 2.26. The zero-order chi connectivity index (χ0) is 16.8. The van der Waals surface area contributed by atoms with Gasteiger partial charge in [-0.1, -0.05) is 0 Å². The fourth-order valence-electron chi connectivity index (χ4n) is 2.26. The number of amides is 2.